The van der Waals surface area contributed by atoms with Gasteiger partial charge < -0.3 is 9.05 Å². The van der Waals surface area contributed by atoms with Gasteiger partial charge in [-0.3, -0.25) is 4.57 Å². The molecule has 0 aliphatic rings. The zero-order valence-corrected chi connectivity index (χ0v) is 10.9. The predicted octanol–water partition coefficient (Wildman–Crippen LogP) is 3.52. The van der Waals surface area contributed by atoms with Gasteiger partial charge in [0.15, 0.2) is 5.66 Å². The highest BCUT2D eigenvalue weighted by atomic mass is 31.2. The highest BCUT2D eigenvalue weighted by Crippen LogP contribution is 2.60. The van der Waals surface area contributed by atoms with Crippen molar-refractivity contribution in [3.63, 3.8) is 0 Å². The third-order valence-corrected chi connectivity index (χ3v) is 4.45. The number of rotatable bonds is 6. The van der Waals surface area contributed by atoms with Crippen molar-refractivity contribution in [2.45, 2.75) is 19.5 Å². The molecule has 92 valence electrons. The van der Waals surface area contributed by atoms with Gasteiger partial charge in [0.2, 0.25) is 0 Å². The van der Waals surface area contributed by atoms with Crippen LogP contribution in [0, 0.1) is 11.3 Å². The van der Waals surface area contributed by atoms with E-state index in [1.54, 1.807) is 38.1 Å². The molecule has 1 atom stereocenters. The number of benzene rings is 1. The third kappa shape index (κ3) is 3.41. The molecule has 0 unspecified atom stereocenters. The van der Waals surface area contributed by atoms with Gasteiger partial charge in [0.05, 0.1) is 19.3 Å². The Morgan fingerprint density at radius 1 is 1.24 bits per heavy atom. The van der Waals surface area contributed by atoms with E-state index in [4.69, 9.17) is 9.05 Å². The summed E-state index contributed by atoms with van der Waals surface area (Å²) in [5, 5.41) is 9.19. The highest BCUT2D eigenvalue weighted by molar-refractivity contribution is 7.54. The lowest BCUT2D eigenvalue weighted by molar-refractivity contribution is 0.216. The molecule has 1 aromatic rings. The first-order chi connectivity index (χ1) is 8.18. The smallest absolute Gasteiger partial charge is 0.308 e. The first-order valence-corrected chi connectivity index (χ1v) is 7.12. The molecular weight excluding hydrogens is 237 g/mol. The average Bonchev–Trinajstić information content (AvgIpc) is 2.31. The maximum atomic E-state index is 12.5. The Bertz CT molecular complexity index is 417. The van der Waals surface area contributed by atoms with Crippen LogP contribution < -0.4 is 0 Å². The van der Waals surface area contributed by atoms with Gasteiger partial charge in [-0.05, 0) is 19.4 Å². The van der Waals surface area contributed by atoms with Gasteiger partial charge in [-0.1, -0.05) is 30.3 Å². The fourth-order valence-electron chi connectivity index (χ4n) is 1.51. The summed E-state index contributed by atoms with van der Waals surface area (Å²) in [5.41, 5.74) is -0.219. The maximum absolute atomic E-state index is 12.5. The molecule has 0 heterocycles. The van der Waals surface area contributed by atoms with Crippen LogP contribution in [0.4, 0.5) is 0 Å². The molecule has 0 fully saturated rings. The second-order valence-electron chi connectivity index (χ2n) is 3.32. The summed E-state index contributed by atoms with van der Waals surface area (Å²) in [7, 11) is -3.41. The van der Waals surface area contributed by atoms with Gasteiger partial charge in [0, 0.05) is 0 Å². The van der Waals surface area contributed by atoms with Crippen LogP contribution in [0.3, 0.4) is 0 Å². The molecule has 0 amide bonds. The van der Waals surface area contributed by atoms with Crippen molar-refractivity contribution in [3.05, 3.63) is 35.9 Å². The molecule has 0 N–H and O–H groups in total. The topological polar surface area (TPSA) is 59.3 Å². The number of hydrogen-bond donors (Lipinski definition) is 0. The molecule has 17 heavy (non-hydrogen) atoms. The Morgan fingerprint density at radius 3 is 2.18 bits per heavy atom. The second-order valence-corrected chi connectivity index (χ2v) is 5.43. The van der Waals surface area contributed by atoms with Crippen LogP contribution in [-0.4, -0.2) is 13.2 Å². The summed E-state index contributed by atoms with van der Waals surface area (Å²) in [6.45, 7) is 3.96. The van der Waals surface area contributed by atoms with E-state index in [1.165, 1.54) is 0 Å². The molecule has 0 aromatic heterocycles. The minimum absolute atomic E-state index is 0.252. The Hall–Kier alpha value is -1.14. The molecule has 0 radical (unpaired) electrons. The van der Waals surface area contributed by atoms with E-state index >= 15 is 0 Å². The van der Waals surface area contributed by atoms with Gasteiger partial charge in [0.1, 0.15) is 0 Å². The van der Waals surface area contributed by atoms with Crippen LogP contribution in [0.1, 0.15) is 25.1 Å². The number of hydrogen-bond acceptors (Lipinski definition) is 4. The van der Waals surface area contributed by atoms with Crippen LogP contribution in [0.5, 0.6) is 0 Å². The third-order valence-electron chi connectivity index (χ3n) is 2.17. The van der Waals surface area contributed by atoms with E-state index in [-0.39, 0.29) is 13.2 Å². The van der Waals surface area contributed by atoms with Gasteiger partial charge in [-0.2, -0.15) is 5.26 Å². The SMILES string of the molecule is CCOP(=O)(OCC)[C@H](C#N)c1ccccc1. The predicted molar refractivity (Wildman–Crippen MR) is 65.7 cm³/mol. The molecule has 0 saturated heterocycles. The van der Waals surface area contributed by atoms with Crippen molar-refractivity contribution < 1.29 is 13.6 Å². The lowest BCUT2D eigenvalue weighted by Gasteiger charge is -2.21. The van der Waals surface area contributed by atoms with E-state index in [1.807, 2.05) is 12.1 Å². The fourth-order valence-corrected chi connectivity index (χ4v) is 3.28. The second kappa shape index (κ2) is 6.56. The highest BCUT2D eigenvalue weighted by Gasteiger charge is 2.36. The lowest BCUT2D eigenvalue weighted by Crippen LogP contribution is -2.05. The van der Waals surface area contributed by atoms with Crippen molar-refractivity contribution >= 4 is 7.60 Å². The van der Waals surface area contributed by atoms with E-state index < -0.39 is 13.3 Å². The normalized spacial score (nSPS) is 13.0. The standard InChI is InChI=1S/C12H16NO3P/c1-3-15-17(14,16-4-2)12(10-13)11-8-6-5-7-9-11/h5-9,12H,3-4H2,1-2H3/t12-/m1/s1. The average molecular weight is 253 g/mol. The van der Waals surface area contributed by atoms with Gasteiger partial charge >= 0.3 is 7.60 Å². The van der Waals surface area contributed by atoms with E-state index in [9.17, 15) is 9.83 Å². The summed E-state index contributed by atoms with van der Waals surface area (Å²) >= 11 is 0. The Labute approximate surface area is 102 Å². The van der Waals surface area contributed by atoms with Crippen LogP contribution in [0.15, 0.2) is 30.3 Å². The van der Waals surface area contributed by atoms with Crippen LogP contribution in [-0.2, 0) is 13.6 Å². The Morgan fingerprint density at radius 2 is 1.76 bits per heavy atom. The molecule has 4 nitrogen and oxygen atoms in total. The first-order valence-electron chi connectivity index (χ1n) is 5.51. The Balaban J connectivity index is 3.07. The van der Waals surface area contributed by atoms with Gasteiger partial charge in [0.25, 0.3) is 0 Å². The largest absolute Gasteiger partial charge is 0.352 e. The maximum Gasteiger partial charge on any atom is 0.352 e. The molecular formula is C12H16NO3P. The van der Waals surface area contributed by atoms with Crippen LogP contribution in [0.2, 0.25) is 0 Å². The van der Waals surface area contributed by atoms with Crippen molar-refractivity contribution in [2.75, 3.05) is 13.2 Å². The van der Waals surface area contributed by atoms with Crippen LogP contribution in [0.25, 0.3) is 0 Å². The number of nitrogens with zero attached hydrogens (tertiary/aromatic N) is 1. The first kappa shape index (κ1) is 13.9. The van der Waals surface area contributed by atoms with Crippen molar-refractivity contribution in [1.82, 2.24) is 0 Å². The molecule has 1 rings (SSSR count). The zero-order valence-electron chi connectivity index (χ0n) is 10.00. The van der Waals surface area contributed by atoms with E-state index in [0.717, 1.165) is 0 Å². The zero-order chi connectivity index (χ0) is 12.7. The van der Waals surface area contributed by atoms with E-state index in [0.29, 0.717) is 5.56 Å². The van der Waals surface area contributed by atoms with Crippen molar-refractivity contribution in [1.29, 1.82) is 5.26 Å². The summed E-state index contributed by atoms with van der Waals surface area (Å²) in [6.07, 6.45) is 0. The minimum atomic E-state index is -3.41. The molecule has 1 aromatic carbocycles. The quantitative estimate of drug-likeness (QED) is 0.728. The van der Waals surface area contributed by atoms with Gasteiger partial charge in [-0.25, -0.2) is 0 Å². The monoisotopic (exact) mass is 253 g/mol. The minimum Gasteiger partial charge on any atom is -0.308 e. The molecule has 0 spiro atoms. The molecule has 5 heteroatoms. The molecule has 0 aliphatic carbocycles. The fraction of sp³-hybridized carbons (Fsp3) is 0.417. The van der Waals surface area contributed by atoms with Crippen molar-refractivity contribution in [3.8, 4) is 6.07 Å². The summed E-state index contributed by atoms with van der Waals surface area (Å²) in [4.78, 5) is 0. The lowest BCUT2D eigenvalue weighted by atomic mass is 10.2. The molecule has 0 saturated carbocycles. The van der Waals surface area contributed by atoms with Crippen LogP contribution >= 0.6 is 7.60 Å². The summed E-state index contributed by atoms with van der Waals surface area (Å²) in [5.74, 6) is 0. The Kier molecular flexibility index (Phi) is 5.37. The van der Waals surface area contributed by atoms with E-state index in [2.05, 4.69) is 0 Å². The summed E-state index contributed by atoms with van der Waals surface area (Å²) < 4.78 is 22.9. The summed E-state index contributed by atoms with van der Waals surface area (Å²) in [6, 6.07) is 10.9. The molecule has 0 bridgehead atoms. The van der Waals surface area contributed by atoms with Crippen molar-refractivity contribution in [2.24, 2.45) is 0 Å². The molecule has 0 aliphatic heterocycles. The number of nitriles is 1. The van der Waals surface area contributed by atoms with Gasteiger partial charge in [-0.15, -0.1) is 0 Å².